The molecule has 1 saturated heterocycles. The van der Waals surface area contributed by atoms with Gasteiger partial charge in [-0.15, -0.1) is 0 Å². The van der Waals surface area contributed by atoms with Crippen LogP contribution < -0.4 is 5.32 Å². The number of carbonyl (C=O) groups excluding carboxylic acids is 1. The zero-order valence-corrected chi connectivity index (χ0v) is 12.1. The summed E-state index contributed by atoms with van der Waals surface area (Å²) >= 11 is 0. The number of nitrogens with one attached hydrogen (secondary N) is 2. The average molecular weight is 301 g/mol. The summed E-state index contributed by atoms with van der Waals surface area (Å²) in [6.45, 7) is 2.72. The van der Waals surface area contributed by atoms with Crippen molar-refractivity contribution in [2.75, 3.05) is 19.6 Å². The zero-order valence-electron chi connectivity index (χ0n) is 11.3. The highest BCUT2D eigenvalue weighted by atomic mass is 32.2. The van der Waals surface area contributed by atoms with Crippen LogP contribution in [0.5, 0.6) is 0 Å². The molecule has 1 aromatic rings. The van der Waals surface area contributed by atoms with E-state index in [-0.39, 0.29) is 17.1 Å². The van der Waals surface area contributed by atoms with Crippen LogP contribution >= 0.6 is 0 Å². The first kappa shape index (κ1) is 15.0. The standard InChI is InChI=1S/C12H19N3O4S/c1-9(16)7-14-12(17)11-6-10(8-13-11)20(18,19)15-4-2-3-5-15/h6,8-9,13,16H,2-5,7H2,1H3,(H,14,17)/t9-/m1/s1. The second kappa shape index (κ2) is 5.94. The third-order valence-corrected chi connectivity index (χ3v) is 5.04. The van der Waals surface area contributed by atoms with Crippen LogP contribution in [0.4, 0.5) is 0 Å². The van der Waals surface area contributed by atoms with Crippen molar-refractivity contribution in [3.63, 3.8) is 0 Å². The number of sulfonamides is 1. The Labute approximate surface area is 118 Å². The Morgan fingerprint density at radius 1 is 1.50 bits per heavy atom. The molecule has 1 aliphatic rings. The molecule has 1 fully saturated rings. The fourth-order valence-corrected chi connectivity index (χ4v) is 3.58. The van der Waals surface area contributed by atoms with Crippen molar-refractivity contribution in [3.05, 3.63) is 18.0 Å². The largest absolute Gasteiger partial charge is 0.392 e. The van der Waals surface area contributed by atoms with Gasteiger partial charge in [-0.1, -0.05) is 0 Å². The van der Waals surface area contributed by atoms with Crippen LogP contribution in [0.2, 0.25) is 0 Å². The molecule has 7 nitrogen and oxygen atoms in total. The Balaban J connectivity index is 2.10. The molecule has 1 amide bonds. The molecule has 0 saturated carbocycles. The normalized spacial score (nSPS) is 18.1. The van der Waals surface area contributed by atoms with Crippen LogP contribution in [0, 0.1) is 0 Å². The lowest BCUT2D eigenvalue weighted by atomic mass is 10.3. The molecule has 112 valence electrons. The molecule has 0 aliphatic carbocycles. The van der Waals surface area contributed by atoms with Crippen LogP contribution in [-0.4, -0.2) is 54.5 Å². The van der Waals surface area contributed by atoms with E-state index in [0.717, 1.165) is 12.8 Å². The molecule has 8 heteroatoms. The minimum Gasteiger partial charge on any atom is -0.392 e. The van der Waals surface area contributed by atoms with Gasteiger partial charge >= 0.3 is 0 Å². The fourth-order valence-electron chi connectivity index (χ4n) is 2.07. The molecular weight excluding hydrogens is 282 g/mol. The van der Waals surface area contributed by atoms with Crippen molar-refractivity contribution < 1.29 is 18.3 Å². The van der Waals surface area contributed by atoms with Gasteiger partial charge in [-0.25, -0.2) is 8.42 Å². The number of aromatic amines is 1. The second-order valence-electron chi connectivity index (χ2n) is 4.92. The molecular formula is C12H19N3O4S. The maximum atomic E-state index is 12.3. The van der Waals surface area contributed by atoms with Crippen LogP contribution in [0.15, 0.2) is 17.2 Å². The Bertz CT molecular complexity index is 573. The quantitative estimate of drug-likeness (QED) is 0.707. The van der Waals surface area contributed by atoms with Crippen molar-refractivity contribution >= 4 is 15.9 Å². The Kier molecular flexibility index (Phi) is 4.46. The van der Waals surface area contributed by atoms with Gasteiger partial charge in [-0.2, -0.15) is 4.31 Å². The lowest BCUT2D eigenvalue weighted by Gasteiger charge is -2.13. The van der Waals surface area contributed by atoms with Gasteiger partial charge in [0.2, 0.25) is 10.0 Å². The van der Waals surface area contributed by atoms with Crippen LogP contribution in [0.1, 0.15) is 30.3 Å². The minimum absolute atomic E-state index is 0.0987. The Hall–Kier alpha value is -1.38. The number of rotatable bonds is 5. The van der Waals surface area contributed by atoms with Crippen LogP contribution in [0.3, 0.4) is 0 Å². The van der Waals surface area contributed by atoms with E-state index in [4.69, 9.17) is 5.11 Å². The predicted octanol–water partition coefficient (Wildman–Crippen LogP) is -0.0902. The van der Waals surface area contributed by atoms with E-state index >= 15 is 0 Å². The topological polar surface area (TPSA) is 102 Å². The second-order valence-corrected chi connectivity index (χ2v) is 6.86. The van der Waals surface area contributed by atoms with Crippen LogP contribution in [0.25, 0.3) is 0 Å². The van der Waals surface area contributed by atoms with Gasteiger partial charge in [0.05, 0.1) is 6.10 Å². The molecule has 20 heavy (non-hydrogen) atoms. The van der Waals surface area contributed by atoms with Gasteiger partial charge in [-0.05, 0) is 25.8 Å². The van der Waals surface area contributed by atoms with E-state index in [1.807, 2.05) is 0 Å². The third kappa shape index (κ3) is 3.20. The smallest absolute Gasteiger partial charge is 0.267 e. The Morgan fingerprint density at radius 3 is 2.75 bits per heavy atom. The maximum absolute atomic E-state index is 12.3. The van der Waals surface area contributed by atoms with Gasteiger partial charge in [-0.3, -0.25) is 4.79 Å². The summed E-state index contributed by atoms with van der Waals surface area (Å²) in [6, 6.07) is 1.32. The highest BCUT2D eigenvalue weighted by Crippen LogP contribution is 2.21. The molecule has 2 rings (SSSR count). The van der Waals surface area contributed by atoms with Crippen molar-refractivity contribution in [1.29, 1.82) is 0 Å². The molecule has 0 bridgehead atoms. The number of aliphatic hydroxyl groups is 1. The molecule has 1 atom stereocenters. The molecule has 1 aromatic heterocycles. The first-order chi connectivity index (χ1) is 9.41. The van der Waals surface area contributed by atoms with Gasteiger partial charge in [0.15, 0.2) is 0 Å². The first-order valence-electron chi connectivity index (χ1n) is 6.56. The monoisotopic (exact) mass is 301 g/mol. The van der Waals surface area contributed by atoms with E-state index in [1.54, 1.807) is 6.92 Å². The highest BCUT2D eigenvalue weighted by molar-refractivity contribution is 7.89. The summed E-state index contributed by atoms with van der Waals surface area (Å²) in [5.74, 6) is -0.436. The molecule has 2 heterocycles. The Morgan fingerprint density at radius 2 is 2.15 bits per heavy atom. The molecule has 0 radical (unpaired) electrons. The molecule has 3 N–H and O–H groups in total. The van der Waals surface area contributed by atoms with E-state index in [1.165, 1.54) is 16.6 Å². The van der Waals surface area contributed by atoms with Crippen molar-refractivity contribution in [2.45, 2.75) is 30.8 Å². The van der Waals surface area contributed by atoms with Crippen LogP contribution in [-0.2, 0) is 10.0 Å². The summed E-state index contributed by atoms with van der Waals surface area (Å²) in [5, 5.41) is 11.6. The van der Waals surface area contributed by atoms with E-state index < -0.39 is 22.0 Å². The van der Waals surface area contributed by atoms with Crippen molar-refractivity contribution in [1.82, 2.24) is 14.6 Å². The van der Waals surface area contributed by atoms with Crippen molar-refractivity contribution in [2.24, 2.45) is 0 Å². The third-order valence-electron chi connectivity index (χ3n) is 3.16. The van der Waals surface area contributed by atoms with E-state index in [2.05, 4.69) is 10.3 Å². The number of H-pyrrole nitrogens is 1. The van der Waals surface area contributed by atoms with Gasteiger partial charge < -0.3 is 15.4 Å². The predicted molar refractivity (Wildman–Crippen MR) is 72.8 cm³/mol. The zero-order chi connectivity index (χ0) is 14.8. The molecule has 0 aromatic carbocycles. The SMILES string of the molecule is C[C@@H](O)CNC(=O)c1cc(S(=O)(=O)N2CCCC2)c[nH]1. The minimum atomic E-state index is -3.51. The number of aromatic nitrogens is 1. The molecule has 1 aliphatic heterocycles. The van der Waals surface area contributed by atoms with Gasteiger partial charge in [0.25, 0.3) is 5.91 Å². The van der Waals surface area contributed by atoms with Gasteiger partial charge in [0, 0.05) is 25.8 Å². The van der Waals surface area contributed by atoms with E-state index in [0.29, 0.717) is 13.1 Å². The summed E-state index contributed by atoms with van der Waals surface area (Å²) in [5.41, 5.74) is 0.170. The first-order valence-corrected chi connectivity index (χ1v) is 8.00. The fraction of sp³-hybridized carbons (Fsp3) is 0.583. The average Bonchev–Trinajstić information content (AvgIpc) is 3.06. The number of aliphatic hydroxyl groups excluding tert-OH is 1. The van der Waals surface area contributed by atoms with E-state index in [9.17, 15) is 13.2 Å². The summed E-state index contributed by atoms with van der Waals surface area (Å²) in [7, 11) is -3.51. The molecule has 0 unspecified atom stereocenters. The number of amides is 1. The lowest BCUT2D eigenvalue weighted by molar-refractivity contribution is 0.0919. The van der Waals surface area contributed by atoms with Gasteiger partial charge in [0.1, 0.15) is 10.6 Å². The number of nitrogens with zero attached hydrogens (tertiary/aromatic N) is 1. The number of hydrogen-bond donors (Lipinski definition) is 3. The lowest BCUT2D eigenvalue weighted by Crippen LogP contribution is -2.30. The van der Waals surface area contributed by atoms with Crippen molar-refractivity contribution in [3.8, 4) is 0 Å². The summed E-state index contributed by atoms with van der Waals surface area (Å²) in [4.78, 5) is 14.5. The maximum Gasteiger partial charge on any atom is 0.267 e. The number of hydrogen-bond acceptors (Lipinski definition) is 4. The highest BCUT2D eigenvalue weighted by Gasteiger charge is 2.28. The number of carbonyl (C=O) groups is 1. The summed E-state index contributed by atoms with van der Waals surface area (Å²) < 4.78 is 26.0. The molecule has 0 spiro atoms. The summed E-state index contributed by atoms with van der Waals surface area (Å²) in [6.07, 6.45) is 2.41.